The molecule has 2 aliphatic carbocycles. The van der Waals surface area contributed by atoms with Crippen molar-refractivity contribution in [2.45, 2.75) is 25.3 Å². The first-order chi connectivity index (χ1) is 9.18. The van der Waals surface area contributed by atoms with Gasteiger partial charge in [-0.15, -0.1) is 0 Å². The van der Waals surface area contributed by atoms with Gasteiger partial charge in [-0.3, -0.25) is 4.79 Å². The van der Waals surface area contributed by atoms with Crippen LogP contribution >= 0.6 is 12.2 Å². The van der Waals surface area contributed by atoms with Crippen molar-refractivity contribution in [3.05, 3.63) is 35.9 Å². The zero-order valence-corrected chi connectivity index (χ0v) is 11.5. The highest BCUT2D eigenvalue weighted by atomic mass is 32.1. The molecule has 2 aliphatic rings. The van der Waals surface area contributed by atoms with Crippen LogP contribution in [0.2, 0.25) is 0 Å². The molecule has 0 saturated heterocycles. The number of hydrogen-bond acceptors (Lipinski definition) is 2. The quantitative estimate of drug-likeness (QED) is 0.827. The number of amides is 1. The lowest BCUT2D eigenvalue weighted by Gasteiger charge is -2.18. The van der Waals surface area contributed by atoms with Gasteiger partial charge < -0.3 is 11.1 Å². The number of thiocarbonyl (C=S) groups is 1. The van der Waals surface area contributed by atoms with E-state index in [-0.39, 0.29) is 17.9 Å². The summed E-state index contributed by atoms with van der Waals surface area (Å²) >= 11 is 5.09. The van der Waals surface area contributed by atoms with E-state index in [0.717, 1.165) is 5.56 Å². The van der Waals surface area contributed by atoms with E-state index in [1.54, 1.807) is 0 Å². The van der Waals surface area contributed by atoms with Gasteiger partial charge in [-0.2, -0.15) is 0 Å². The van der Waals surface area contributed by atoms with Gasteiger partial charge in [0.2, 0.25) is 5.91 Å². The molecule has 1 aromatic carbocycles. The standard InChI is InChI=1S/C15H18N2OS/c16-14(19)13(9-5-2-1-3-6-9)17-15(18)12-10-7-4-8-11(10)12/h1-3,5-6,10-13H,4,7-8H2,(H2,16,19)(H,17,18). The highest BCUT2D eigenvalue weighted by molar-refractivity contribution is 7.80. The van der Waals surface area contributed by atoms with Crippen LogP contribution in [0.1, 0.15) is 30.9 Å². The molecule has 3 rings (SSSR count). The SMILES string of the molecule is NC(=S)C(NC(=O)C1C2CCCC21)c1ccccc1. The van der Waals surface area contributed by atoms with Crippen LogP contribution < -0.4 is 11.1 Å². The number of benzene rings is 1. The Balaban J connectivity index is 1.69. The minimum absolute atomic E-state index is 0.122. The number of rotatable bonds is 4. The fraction of sp³-hybridized carbons (Fsp3) is 0.467. The molecule has 1 aromatic rings. The van der Waals surface area contributed by atoms with E-state index in [2.05, 4.69) is 5.32 Å². The first kappa shape index (κ1) is 12.6. The number of hydrogen-bond donors (Lipinski definition) is 2. The lowest BCUT2D eigenvalue weighted by molar-refractivity contribution is -0.123. The van der Waals surface area contributed by atoms with Crippen LogP contribution in [0.3, 0.4) is 0 Å². The molecular formula is C15H18N2OS. The van der Waals surface area contributed by atoms with Gasteiger partial charge in [-0.25, -0.2) is 0 Å². The van der Waals surface area contributed by atoms with Gasteiger partial charge in [0.15, 0.2) is 0 Å². The predicted molar refractivity (Wildman–Crippen MR) is 78.4 cm³/mol. The molecule has 3 unspecified atom stereocenters. The van der Waals surface area contributed by atoms with Crippen LogP contribution in [-0.4, -0.2) is 10.9 Å². The maximum Gasteiger partial charge on any atom is 0.224 e. The van der Waals surface area contributed by atoms with Crippen LogP contribution in [0.5, 0.6) is 0 Å². The summed E-state index contributed by atoms with van der Waals surface area (Å²) in [6.07, 6.45) is 3.67. The van der Waals surface area contributed by atoms with E-state index in [4.69, 9.17) is 18.0 Å². The fourth-order valence-corrected chi connectivity index (χ4v) is 3.61. The summed E-state index contributed by atoms with van der Waals surface area (Å²) in [5.74, 6) is 1.55. The predicted octanol–water partition coefficient (Wildman–Crippen LogP) is 2.18. The Bertz CT molecular complexity index is 492. The van der Waals surface area contributed by atoms with Gasteiger partial charge in [0.1, 0.15) is 11.0 Å². The molecule has 0 aliphatic heterocycles. The molecule has 100 valence electrons. The summed E-state index contributed by atoms with van der Waals surface area (Å²) in [4.78, 5) is 12.6. The first-order valence-electron chi connectivity index (χ1n) is 6.83. The molecule has 2 fully saturated rings. The van der Waals surface area contributed by atoms with Crippen molar-refractivity contribution in [1.82, 2.24) is 5.32 Å². The van der Waals surface area contributed by atoms with E-state index in [0.29, 0.717) is 16.8 Å². The fourth-order valence-electron chi connectivity index (χ4n) is 3.41. The Morgan fingerprint density at radius 2 is 1.89 bits per heavy atom. The van der Waals surface area contributed by atoms with Crippen LogP contribution in [0.15, 0.2) is 30.3 Å². The van der Waals surface area contributed by atoms with Crippen molar-refractivity contribution in [2.24, 2.45) is 23.5 Å². The number of fused-ring (bicyclic) bond motifs is 1. The third-order valence-corrected chi connectivity index (χ3v) is 4.65. The molecule has 2 saturated carbocycles. The lowest BCUT2D eigenvalue weighted by atomic mass is 10.1. The number of nitrogens with one attached hydrogen (secondary N) is 1. The van der Waals surface area contributed by atoms with Gasteiger partial charge in [0.05, 0.1) is 0 Å². The Morgan fingerprint density at radius 1 is 1.26 bits per heavy atom. The lowest BCUT2D eigenvalue weighted by Crippen LogP contribution is -2.38. The molecule has 0 heterocycles. The van der Waals surface area contributed by atoms with Crippen LogP contribution in [0.4, 0.5) is 0 Å². The highest BCUT2D eigenvalue weighted by Crippen LogP contribution is 2.57. The second-order valence-electron chi connectivity index (χ2n) is 5.54. The van der Waals surface area contributed by atoms with Crippen LogP contribution in [0.25, 0.3) is 0 Å². The van der Waals surface area contributed by atoms with Crippen molar-refractivity contribution in [1.29, 1.82) is 0 Å². The average molecular weight is 274 g/mol. The first-order valence-corrected chi connectivity index (χ1v) is 7.24. The number of carbonyl (C=O) groups excluding carboxylic acids is 1. The van der Waals surface area contributed by atoms with Gasteiger partial charge in [0.25, 0.3) is 0 Å². The third kappa shape index (κ3) is 2.37. The second kappa shape index (κ2) is 4.93. The summed E-state index contributed by atoms with van der Waals surface area (Å²) in [7, 11) is 0. The van der Waals surface area contributed by atoms with Crippen molar-refractivity contribution in [3.8, 4) is 0 Å². The minimum Gasteiger partial charge on any atom is -0.391 e. The van der Waals surface area contributed by atoms with Gasteiger partial charge >= 0.3 is 0 Å². The largest absolute Gasteiger partial charge is 0.391 e. The summed E-state index contributed by atoms with van der Waals surface area (Å²) in [5.41, 5.74) is 6.72. The molecule has 3 atom stereocenters. The summed E-state index contributed by atoms with van der Waals surface area (Å²) in [6, 6.07) is 9.34. The molecule has 0 radical (unpaired) electrons. The molecule has 3 nitrogen and oxygen atoms in total. The number of carbonyl (C=O) groups is 1. The van der Waals surface area contributed by atoms with Crippen molar-refractivity contribution < 1.29 is 4.79 Å². The van der Waals surface area contributed by atoms with Crippen LogP contribution in [0, 0.1) is 17.8 Å². The van der Waals surface area contributed by atoms with Gasteiger partial charge in [0, 0.05) is 5.92 Å². The van der Waals surface area contributed by atoms with E-state index >= 15 is 0 Å². The topological polar surface area (TPSA) is 55.1 Å². The van der Waals surface area contributed by atoms with E-state index in [9.17, 15) is 4.79 Å². The van der Waals surface area contributed by atoms with Gasteiger partial charge in [-0.05, 0) is 30.2 Å². The van der Waals surface area contributed by atoms with Crippen molar-refractivity contribution in [3.63, 3.8) is 0 Å². The van der Waals surface area contributed by atoms with Gasteiger partial charge in [-0.1, -0.05) is 49.0 Å². The molecule has 19 heavy (non-hydrogen) atoms. The Kier molecular flexibility index (Phi) is 3.27. The maximum atomic E-state index is 12.3. The average Bonchev–Trinajstić information content (AvgIpc) is 2.90. The number of nitrogens with two attached hydrogens (primary N) is 1. The smallest absolute Gasteiger partial charge is 0.224 e. The third-order valence-electron chi connectivity index (χ3n) is 4.41. The zero-order chi connectivity index (χ0) is 13.4. The van der Waals surface area contributed by atoms with Crippen LogP contribution in [-0.2, 0) is 4.79 Å². The Hall–Kier alpha value is -1.42. The molecular weight excluding hydrogens is 256 g/mol. The van der Waals surface area contributed by atoms with Crippen molar-refractivity contribution in [2.75, 3.05) is 0 Å². The molecule has 0 aromatic heterocycles. The Labute approximate surface area is 118 Å². The molecule has 0 spiro atoms. The normalized spacial score (nSPS) is 29.4. The highest BCUT2D eigenvalue weighted by Gasteiger charge is 2.56. The summed E-state index contributed by atoms with van der Waals surface area (Å²) in [5, 5.41) is 3.02. The van der Waals surface area contributed by atoms with E-state index in [1.807, 2.05) is 30.3 Å². The minimum atomic E-state index is -0.343. The monoisotopic (exact) mass is 274 g/mol. The molecule has 0 bridgehead atoms. The Morgan fingerprint density at radius 3 is 2.47 bits per heavy atom. The molecule has 4 heteroatoms. The zero-order valence-electron chi connectivity index (χ0n) is 10.7. The van der Waals surface area contributed by atoms with E-state index < -0.39 is 0 Å². The maximum absolute atomic E-state index is 12.3. The molecule has 1 amide bonds. The summed E-state index contributed by atoms with van der Waals surface area (Å²) < 4.78 is 0. The summed E-state index contributed by atoms with van der Waals surface area (Å²) in [6.45, 7) is 0. The van der Waals surface area contributed by atoms with E-state index in [1.165, 1.54) is 19.3 Å². The second-order valence-corrected chi connectivity index (χ2v) is 6.01. The molecule has 3 N–H and O–H groups in total. The van der Waals surface area contributed by atoms with Crippen molar-refractivity contribution >= 4 is 23.1 Å².